The van der Waals surface area contributed by atoms with Crippen molar-refractivity contribution in [2.45, 2.75) is 57.4 Å². The maximum absolute atomic E-state index is 13.0. The molecule has 4 aromatic carbocycles. The molecule has 6 rings (SSSR count). The van der Waals surface area contributed by atoms with Crippen molar-refractivity contribution in [3.63, 3.8) is 0 Å². The second-order valence-corrected chi connectivity index (χ2v) is 13.2. The smallest absolute Gasteiger partial charge is 0.269 e. The number of aryl methyl sites for hydroxylation is 1. The highest BCUT2D eigenvalue weighted by atomic mass is 32.2. The lowest BCUT2D eigenvalue weighted by atomic mass is 9.97. The van der Waals surface area contributed by atoms with Crippen LogP contribution in [0.1, 0.15) is 47.8 Å². The maximum Gasteiger partial charge on any atom is 0.269 e. The Bertz CT molecular complexity index is 1870. The van der Waals surface area contributed by atoms with Crippen molar-refractivity contribution in [3.8, 4) is 29.1 Å². The average Bonchev–Trinajstić information content (AvgIpc) is 3.28. The quantitative estimate of drug-likeness (QED) is 0.185. The molecule has 0 radical (unpaired) electrons. The van der Waals surface area contributed by atoms with Crippen LogP contribution in [0.4, 0.5) is 0 Å². The third-order valence-electron chi connectivity index (χ3n) is 8.44. The fourth-order valence-electron chi connectivity index (χ4n) is 5.82. The van der Waals surface area contributed by atoms with Crippen LogP contribution < -0.4 is 14.2 Å². The summed E-state index contributed by atoms with van der Waals surface area (Å²) < 4.78 is 45.2. The molecule has 4 aromatic rings. The van der Waals surface area contributed by atoms with Crippen LogP contribution in [-0.2, 0) is 29.6 Å². The molecule has 2 aliphatic heterocycles. The van der Waals surface area contributed by atoms with E-state index in [4.69, 9.17) is 14.2 Å². The van der Waals surface area contributed by atoms with E-state index >= 15 is 0 Å². The number of nitrogens with zero attached hydrogens (tertiary/aromatic N) is 2. The number of rotatable bonds is 10. The molecule has 0 N–H and O–H groups in total. The molecule has 1 amide bonds. The van der Waals surface area contributed by atoms with Crippen molar-refractivity contribution < 1.29 is 27.4 Å². The zero-order chi connectivity index (χ0) is 32.1. The standard InChI is InChI=1S/C37H36N2O6S.CH4/c1-27(32-20-19-30-23-34(43-2)35(24-33(30)45-32)44-26-29-15-7-4-8-16-29)38(25-28-13-5-3-6-14-28)21-11-12-22-39-37(40)31-17-9-10-18-36(31)46(39,41)42;/h3-10,13-18,23-24,27,32H,19-22,25-26H2,1-2H3;1H4/t27?,32-;/m1./s1. The molecule has 1 unspecified atom stereocenters. The van der Waals surface area contributed by atoms with Crippen molar-refractivity contribution in [2.24, 2.45) is 0 Å². The van der Waals surface area contributed by atoms with Crippen molar-refractivity contribution in [2.75, 3.05) is 20.2 Å². The van der Waals surface area contributed by atoms with Gasteiger partial charge in [0.15, 0.2) is 11.5 Å². The minimum atomic E-state index is -3.91. The van der Waals surface area contributed by atoms with Crippen molar-refractivity contribution in [1.82, 2.24) is 9.21 Å². The van der Waals surface area contributed by atoms with Gasteiger partial charge in [0.1, 0.15) is 23.4 Å². The monoisotopic (exact) mass is 652 g/mol. The summed E-state index contributed by atoms with van der Waals surface area (Å²) in [5.41, 5.74) is 3.44. The van der Waals surface area contributed by atoms with Gasteiger partial charge in [0.2, 0.25) is 0 Å². The van der Waals surface area contributed by atoms with Crippen molar-refractivity contribution in [1.29, 1.82) is 0 Å². The third kappa shape index (κ3) is 7.30. The van der Waals surface area contributed by atoms with E-state index in [9.17, 15) is 13.2 Å². The van der Waals surface area contributed by atoms with Gasteiger partial charge in [-0.15, -0.1) is 0 Å². The lowest BCUT2D eigenvalue weighted by Gasteiger charge is -2.37. The van der Waals surface area contributed by atoms with Gasteiger partial charge in [-0.05, 0) is 54.7 Å². The summed E-state index contributed by atoms with van der Waals surface area (Å²) in [6.07, 6.45) is 1.50. The average molecular weight is 653 g/mol. The summed E-state index contributed by atoms with van der Waals surface area (Å²) in [6.45, 7) is 3.33. The topological polar surface area (TPSA) is 85.4 Å². The molecular weight excluding hydrogens is 612 g/mol. The molecule has 0 saturated carbocycles. The van der Waals surface area contributed by atoms with Gasteiger partial charge in [-0.1, -0.05) is 92.1 Å². The first kappa shape index (κ1) is 33.6. The van der Waals surface area contributed by atoms with Gasteiger partial charge in [0.05, 0.1) is 25.8 Å². The first-order valence-electron chi connectivity index (χ1n) is 15.3. The Balaban J connectivity index is 0.00000433. The summed E-state index contributed by atoms with van der Waals surface area (Å²) in [5, 5.41) is 0. The van der Waals surface area contributed by atoms with Crippen molar-refractivity contribution in [3.05, 3.63) is 119 Å². The number of hydrogen-bond acceptors (Lipinski definition) is 7. The number of hydrogen-bond donors (Lipinski definition) is 0. The SMILES string of the molecule is C.COc1cc2c(cc1OCc1ccccc1)O[C@@H](C(C)N(CC#CCN1C(=O)c3ccccc3S1(=O)=O)Cc1ccccc1)CC2. The molecule has 244 valence electrons. The molecule has 8 nitrogen and oxygen atoms in total. The molecule has 0 bridgehead atoms. The zero-order valence-electron chi connectivity index (χ0n) is 25.9. The highest BCUT2D eigenvalue weighted by Crippen LogP contribution is 2.39. The Kier molecular flexibility index (Phi) is 10.5. The van der Waals surface area contributed by atoms with Gasteiger partial charge in [0.25, 0.3) is 15.9 Å². The first-order chi connectivity index (χ1) is 22.3. The minimum Gasteiger partial charge on any atom is -0.493 e. The van der Waals surface area contributed by atoms with Gasteiger partial charge in [0, 0.05) is 18.7 Å². The molecule has 0 aliphatic carbocycles. The summed E-state index contributed by atoms with van der Waals surface area (Å²) in [5.74, 6) is 7.61. The van der Waals surface area contributed by atoms with Crippen LogP contribution in [0.15, 0.2) is 102 Å². The van der Waals surface area contributed by atoms with Gasteiger partial charge in [-0.25, -0.2) is 12.7 Å². The minimum absolute atomic E-state index is 0. The van der Waals surface area contributed by atoms with Crippen LogP contribution >= 0.6 is 0 Å². The number of benzene rings is 4. The molecular formula is C38H40N2O6S. The van der Waals surface area contributed by atoms with E-state index in [0.717, 1.165) is 39.6 Å². The highest BCUT2D eigenvalue weighted by Gasteiger charge is 2.40. The molecule has 0 fully saturated rings. The van der Waals surface area contributed by atoms with E-state index in [1.807, 2.05) is 60.7 Å². The van der Waals surface area contributed by atoms with Gasteiger partial charge >= 0.3 is 0 Å². The van der Waals surface area contributed by atoms with E-state index in [1.54, 1.807) is 19.2 Å². The highest BCUT2D eigenvalue weighted by molar-refractivity contribution is 7.90. The predicted octanol–water partition coefficient (Wildman–Crippen LogP) is 6.34. The Morgan fingerprint density at radius 2 is 1.62 bits per heavy atom. The summed E-state index contributed by atoms with van der Waals surface area (Å²) in [6, 6.07) is 30.2. The van der Waals surface area contributed by atoms with Crippen molar-refractivity contribution >= 4 is 15.9 Å². The van der Waals surface area contributed by atoms with E-state index in [-0.39, 0.29) is 36.6 Å². The van der Waals surface area contributed by atoms with Crippen LogP contribution in [0.2, 0.25) is 0 Å². The molecule has 0 saturated heterocycles. The third-order valence-corrected chi connectivity index (χ3v) is 10.2. The van der Waals surface area contributed by atoms with E-state index < -0.39 is 15.9 Å². The number of methoxy groups -OCH3 is 1. The van der Waals surface area contributed by atoms with Crippen LogP contribution in [-0.4, -0.2) is 55.9 Å². The van der Waals surface area contributed by atoms with Crippen LogP contribution in [0.5, 0.6) is 17.2 Å². The maximum atomic E-state index is 13.0. The molecule has 0 spiro atoms. The number of carbonyl (C=O) groups excluding carboxylic acids is 1. The van der Waals surface area contributed by atoms with Gasteiger partial charge < -0.3 is 14.2 Å². The predicted molar refractivity (Wildman–Crippen MR) is 182 cm³/mol. The molecule has 2 aliphatic rings. The number of amides is 1. The molecule has 9 heteroatoms. The van der Waals surface area contributed by atoms with Crippen LogP contribution in [0, 0.1) is 11.8 Å². The number of fused-ring (bicyclic) bond motifs is 2. The van der Waals surface area contributed by atoms with Crippen LogP contribution in [0.25, 0.3) is 0 Å². The Labute approximate surface area is 277 Å². The lowest BCUT2D eigenvalue weighted by molar-refractivity contribution is 0.0646. The van der Waals surface area contributed by atoms with E-state index in [2.05, 4.69) is 35.8 Å². The summed E-state index contributed by atoms with van der Waals surface area (Å²) >= 11 is 0. The Hall–Kier alpha value is -4.78. The fraction of sp³-hybridized carbons (Fsp3) is 0.289. The van der Waals surface area contributed by atoms with E-state index in [0.29, 0.717) is 31.2 Å². The number of ether oxygens (including phenoxy) is 3. The largest absolute Gasteiger partial charge is 0.493 e. The Morgan fingerprint density at radius 3 is 2.32 bits per heavy atom. The van der Waals surface area contributed by atoms with Gasteiger partial charge in [-0.2, -0.15) is 0 Å². The zero-order valence-corrected chi connectivity index (χ0v) is 26.7. The second kappa shape index (κ2) is 14.8. The normalized spacial score (nSPS) is 16.5. The molecule has 0 aromatic heterocycles. The van der Waals surface area contributed by atoms with Crippen LogP contribution in [0.3, 0.4) is 0 Å². The number of sulfonamides is 1. The summed E-state index contributed by atoms with van der Waals surface area (Å²) in [7, 11) is -2.27. The number of carbonyl (C=O) groups is 1. The second-order valence-electron chi connectivity index (χ2n) is 11.4. The first-order valence-corrected chi connectivity index (χ1v) is 16.7. The van der Waals surface area contributed by atoms with Gasteiger partial charge in [-0.3, -0.25) is 9.69 Å². The molecule has 2 atom stereocenters. The Morgan fingerprint density at radius 1 is 0.936 bits per heavy atom. The van der Waals surface area contributed by atoms with E-state index in [1.165, 1.54) is 12.1 Å². The molecule has 47 heavy (non-hydrogen) atoms. The fourth-order valence-corrected chi connectivity index (χ4v) is 7.30. The molecule has 2 heterocycles. The summed E-state index contributed by atoms with van der Waals surface area (Å²) in [4.78, 5) is 15.1. The lowest BCUT2D eigenvalue weighted by Crippen LogP contribution is -2.45.